The Morgan fingerprint density at radius 1 is 1.28 bits per heavy atom. The van der Waals surface area contributed by atoms with Crippen molar-refractivity contribution in [3.8, 4) is 17.3 Å². The zero-order chi connectivity index (χ0) is 12.7. The number of hydrogen-bond donors (Lipinski definition) is 2. The van der Waals surface area contributed by atoms with Crippen LogP contribution in [0.4, 0.5) is 0 Å². The largest absolute Gasteiger partial charge is 0.492 e. The van der Waals surface area contributed by atoms with Crippen LogP contribution in [-0.4, -0.2) is 15.1 Å². The summed E-state index contributed by atoms with van der Waals surface area (Å²) in [5, 5.41) is 9.52. The fraction of sp³-hybridized carbons (Fsp3) is 0.231. The normalized spacial score (nSPS) is 14.7. The minimum Gasteiger partial charge on any atom is -0.492 e. The molecule has 0 bridgehead atoms. The number of rotatable bonds is 2. The van der Waals surface area contributed by atoms with Crippen molar-refractivity contribution in [3.05, 3.63) is 44.7 Å². The van der Waals surface area contributed by atoms with Crippen LogP contribution in [0.1, 0.15) is 24.3 Å². The first-order valence-corrected chi connectivity index (χ1v) is 6.53. The van der Waals surface area contributed by atoms with Gasteiger partial charge in [-0.1, -0.05) is 24.3 Å². The monoisotopic (exact) mass is 306 g/mol. The van der Waals surface area contributed by atoms with Crippen molar-refractivity contribution >= 4 is 15.9 Å². The van der Waals surface area contributed by atoms with Crippen LogP contribution < -0.4 is 5.56 Å². The number of nitrogens with one attached hydrogen (secondary N) is 1. The Bertz CT molecular complexity index is 645. The maximum Gasteiger partial charge on any atom is 0.269 e. The Labute approximate surface area is 112 Å². The molecule has 0 unspecified atom stereocenters. The molecule has 5 heteroatoms. The number of halogens is 1. The topological polar surface area (TPSA) is 66.0 Å². The molecule has 18 heavy (non-hydrogen) atoms. The second-order valence-electron chi connectivity index (χ2n) is 4.45. The van der Waals surface area contributed by atoms with E-state index in [0.717, 1.165) is 5.56 Å². The molecule has 4 nitrogen and oxygen atoms in total. The highest BCUT2D eigenvalue weighted by Crippen LogP contribution is 2.40. The molecule has 1 aromatic heterocycles. The predicted octanol–water partition coefficient (Wildman–Crippen LogP) is 2.78. The van der Waals surface area contributed by atoms with Crippen LogP contribution in [0.25, 0.3) is 11.4 Å². The van der Waals surface area contributed by atoms with Crippen molar-refractivity contribution in [2.24, 2.45) is 0 Å². The second-order valence-corrected chi connectivity index (χ2v) is 5.24. The number of benzene rings is 1. The van der Waals surface area contributed by atoms with Crippen molar-refractivity contribution in [2.45, 2.75) is 18.8 Å². The molecule has 0 saturated heterocycles. The molecular weight excluding hydrogens is 296 g/mol. The van der Waals surface area contributed by atoms with Gasteiger partial charge in [0.2, 0.25) is 5.88 Å². The molecule has 1 heterocycles. The average Bonchev–Trinajstić information content (AvgIpc) is 3.20. The molecule has 92 valence electrons. The molecule has 0 radical (unpaired) electrons. The molecule has 1 aromatic carbocycles. The van der Waals surface area contributed by atoms with Gasteiger partial charge in [-0.3, -0.25) is 4.79 Å². The lowest BCUT2D eigenvalue weighted by molar-refractivity contribution is 0.448. The molecule has 1 saturated carbocycles. The average molecular weight is 307 g/mol. The third-order valence-electron chi connectivity index (χ3n) is 3.08. The zero-order valence-corrected chi connectivity index (χ0v) is 11.1. The number of H-pyrrole nitrogens is 1. The van der Waals surface area contributed by atoms with E-state index in [1.165, 1.54) is 18.4 Å². The summed E-state index contributed by atoms with van der Waals surface area (Å²) in [6.45, 7) is 0. The highest BCUT2D eigenvalue weighted by molar-refractivity contribution is 9.10. The van der Waals surface area contributed by atoms with E-state index in [-0.39, 0.29) is 15.9 Å². The van der Waals surface area contributed by atoms with Crippen LogP contribution in [0, 0.1) is 0 Å². The SMILES string of the molecule is O=c1[nH]c(-c2ccc(C3CC3)cc2)nc(O)c1Br. The Morgan fingerprint density at radius 2 is 1.94 bits per heavy atom. The molecule has 2 N–H and O–H groups in total. The Kier molecular flexibility index (Phi) is 2.70. The van der Waals surface area contributed by atoms with Crippen LogP contribution in [0.5, 0.6) is 5.88 Å². The number of nitrogens with zero attached hydrogens (tertiary/aromatic N) is 1. The number of aromatic hydroxyl groups is 1. The first-order valence-electron chi connectivity index (χ1n) is 5.74. The fourth-order valence-electron chi connectivity index (χ4n) is 1.91. The van der Waals surface area contributed by atoms with E-state index in [0.29, 0.717) is 11.7 Å². The Balaban J connectivity index is 2.01. The van der Waals surface area contributed by atoms with Crippen LogP contribution in [0.2, 0.25) is 0 Å². The summed E-state index contributed by atoms with van der Waals surface area (Å²) in [4.78, 5) is 18.1. The van der Waals surface area contributed by atoms with Gasteiger partial charge in [-0.05, 0) is 40.3 Å². The van der Waals surface area contributed by atoms with E-state index in [9.17, 15) is 9.90 Å². The van der Waals surface area contributed by atoms with Gasteiger partial charge in [-0.15, -0.1) is 0 Å². The summed E-state index contributed by atoms with van der Waals surface area (Å²) in [6.07, 6.45) is 2.51. The third-order valence-corrected chi connectivity index (χ3v) is 3.79. The maximum atomic E-state index is 11.5. The molecule has 3 rings (SSSR count). The van der Waals surface area contributed by atoms with Gasteiger partial charge in [0.1, 0.15) is 10.3 Å². The summed E-state index contributed by atoms with van der Waals surface area (Å²) in [6, 6.07) is 7.93. The van der Waals surface area contributed by atoms with E-state index in [4.69, 9.17) is 0 Å². The highest BCUT2D eigenvalue weighted by atomic mass is 79.9. The molecule has 0 amide bonds. The van der Waals surface area contributed by atoms with Crippen molar-refractivity contribution in [1.82, 2.24) is 9.97 Å². The zero-order valence-electron chi connectivity index (χ0n) is 9.48. The van der Waals surface area contributed by atoms with E-state index in [2.05, 4.69) is 25.9 Å². The van der Waals surface area contributed by atoms with Gasteiger partial charge >= 0.3 is 0 Å². The van der Waals surface area contributed by atoms with Crippen LogP contribution in [0.15, 0.2) is 33.5 Å². The molecule has 0 atom stereocenters. The van der Waals surface area contributed by atoms with E-state index >= 15 is 0 Å². The number of aromatic nitrogens is 2. The molecule has 1 aliphatic rings. The van der Waals surface area contributed by atoms with Crippen LogP contribution >= 0.6 is 15.9 Å². The van der Waals surface area contributed by atoms with Crippen LogP contribution in [0.3, 0.4) is 0 Å². The lowest BCUT2D eigenvalue weighted by Gasteiger charge is -2.04. The predicted molar refractivity (Wildman–Crippen MR) is 71.6 cm³/mol. The van der Waals surface area contributed by atoms with Gasteiger partial charge in [0, 0.05) is 5.56 Å². The number of aromatic amines is 1. The van der Waals surface area contributed by atoms with Crippen molar-refractivity contribution < 1.29 is 5.11 Å². The summed E-state index contributed by atoms with van der Waals surface area (Å²) < 4.78 is 0.0563. The molecule has 2 aromatic rings. The molecule has 1 aliphatic carbocycles. The number of hydrogen-bond acceptors (Lipinski definition) is 3. The maximum absolute atomic E-state index is 11.5. The highest BCUT2D eigenvalue weighted by Gasteiger charge is 2.23. The van der Waals surface area contributed by atoms with Crippen molar-refractivity contribution in [3.63, 3.8) is 0 Å². The first-order chi connectivity index (χ1) is 8.65. The minimum atomic E-state index is -0.385. The lowest BCUT2D eigenvalue weighted by Crippen LogP contribution is -2.09. The van der Waals surface area contributed by atoms with Gasteiger partial charge in [0.15, 0.2) is 0 Å². The van der Waals surface area contributed by atoms with E-state index < -0.39 is 0 Å². The molecular formula is C13H11BrN2O2. The summed E-state index contributed by atoms with van der Waals surface area (Å²) in [5.74, 6) is 0.785. The standard InChI is InChI=1S/C13H11BrN2O2/c14-10-12(17)15-11(16-13(10)18)9-5-3-8(4-6-9)7-1-2-7/h3-7H,1-2H2,(H2,15,16,17,18). The van der Waals surface area contributed by atoms with Gasteiger partial charge < -0.3 is 10.1 Å². The smallest absolute Gasteiger partial charge is 0.269 e. The first kappa shape index (κ1) is 11.5. The van der Waals surface area contributed by atoms with Gasteiger partial charge in [0.05, 0.1) is 0 Å². The van der Waals surface area contributed by atoms with Crippen LogP contribution in [-0.2, 0) is 0 Å². The third kappa shape index (κ3) is 2.06. The van der Waals surface area contributed by atoms with E-state index in [1.54, 1.807) is 0 Å². The Hall–Kier alpha value is -1.62. The van der Waals surface area contributed by atoms with Gasteiger partial charge in [-0.2, -0.15) is 4.98 Å². The second kappa shape index (κ2) is 4.24. The minimum absolute atomic E-state index is 0.0563. The van der Waals surface area contributed by atoms with Gasteiger partial charge in [-0.25, -0.2) is 0 Å². The van der Waals surface area contributed by atoms with E-state index in [1.807, 2.05) is 24.3 Å². The quantitative estimate of drug-likeness (QED) is 0.896. The van der Waals surface area contributed by atoms with Gasteiger partial charge in [0.25, 0.3) is 5.56 Å². The molecule has 0 aliphatic heterocycles. The summed E-state index contributed by atoms with van der Waals surface area (Å²) >= 11 is 2.97. The molecule has 1 fully saturated rings. The summed E-state index contributed by atoms with van der Waals surface area (Å²) in [7, 11) is 0. The summed E-state index contributed by atoms with van der Waals surface area (Å²) in [5.41, 5.74) is 1.73. The molecule has 0 spiro atoms. The fourth-order valence-corrected chi connectivity index (χ4v) is 2.10. The Morgan fingerprint density at radius 3 is 2.50 bits per heavy atom. The van der Waals surface area contributed by atoms with Crippen molar-refractivity contribution in [2.75, 3.05) is 0 Å². The van der Waals surface area contributed by atoms with Crippen molar-refractivity contribution in [1.29, 1.82) is 0 Å². The lowest BCUT2D eigenvalue weighted by atomic mass is 10.1.